The fourth-order valence-corrected chi connectivity index (χ4v) is 3.65. The van der Waals surface area contributed by atoms with E-state index in [1.165, 1.54) is 32.7 Å². The number of thiophene rings is 1. The lowest BCUT2D eigenvalue weighted by Crippen LogP contribution is -2.14. The Morgan fingerprint density at radius 1 is 0.929 bits per heavy atom. The van der Waals surface area contributed by atoms with Crippen molar-refractivity contribution in [3.05, 3.63) is 65.0 Å². The molecule has 0 saturated carbocycles. The highest BCUT2D eigenvalue weighted by atomic mass is 32.1. The molecule has 1 aromatic heterocycles. The molecule has 3 aromatic rings. The quantitative estimate of drug-likeness (QED) is 0.621. The molecule has 7 heteroatoms. The van der Waals surface area contributed by atoms with Crippen molar-refractivity contribution >= 4 is 28.2 Å². The van der Waals surface area contributed by atoms with Crippen LogP contribution in [-0.2, 0) is 4.74 Å². The number of rotatable bonds is 6. The molecule has 0 aliphatic rings. The van der Waals surface area contributed by atoms with Crippen LogP contribution in [0.15, 0.2) is 53.9 Å². The summed E-state index contributed by atoms with van der Waals surface area (Å²) in [7, 11) is 4.34. The minimum Gasteiger partial charge on any atom is -0.497 e. The molecule has 0 aliphatic heterocycles. The molecule has 144 valence electrons. The third kappa shape index (κ3) is 3.99. The van der Waals surface area contributed by atoms with Gasteiger partial charge in [0, 0.05) is 22.6 Å². The largest absolute Gasteiger partial charge is 0.497 e. The summed E-state index contributed by atoms with van der Waals surface area (Å²) >= 11 is 1.26. The monoisotopic (exact) mass is 397 g/mol. The van der Waals surface area contributed by atoms with Gasteiger partial charge in [0.1, 0.15) is 22.1 Å². The van der Waals surface area contributed by atoms with Gasteiger partial charge in [-0.2, -0.15) is 0 Å². The fraction of sp³-hybridized carbons (Fsp3) is 0.143. The van der Waals surface area contributed by atoms with Crippen molar-refractivity contribution in [3.63, 3.8) is 0 Å². The summed E-state index contributed by atoms with van der Waals surface area (Å²) in [5.41, 5.74) is 2.24. The SMILES string of the molecule is COC(=O)c1c(-c2ccccc2)csc1NC(=O)c1cc(OC)cc(OC)c1. The van der Waals surface area contributed by atoms with Crippen LogP contribution in [-0.4, -0.2) is 33.2 Å². The zero-order valence-electron chi connectivity index (χ0n) is 15.6. The van der Waals surface area contributed by atoms with E-state index in [1.807, 2.05) is 35.7 Å². The summed E-state index contributed by atoms with van der Waals surface area (Å²) in [4.78, 5) is 25.2. The molecule has 1 heterocycles. The number of nitrogens with one attached hydrogen (secondary N) is 1. The standard InChI is InChI=1S/C21H19NO5S/c1-25-15-9-14(10-16(11-15)26-2)19(23)22-20-18(21(24)27-3)17(12-28-20)13-7-5-4-6-8-13/h4-12H,1-3H3,(H,22,23). The molecular weight excluding hydrogens is 378 g/mol. The molecular formula is C21H19NO5S. The molecule has 6 nitrogen and oxygen atoms in total. The van der Waals surface area contributed by atoms with Crippen LogP contribution in [0.3, 0.4) is 0 Å². The molecule has 28 heavy (non-hydrogen) atoms. The Morgan fingerprint density at radius 3 is 2.14 bits per heavy atom. The summed E-state index contributed by atoms with van der Waals surface area (Å²) < 4.78 is 15.3. The Balaban J connectivity index is 1.97. The maximum Gasteiger partial charge on any atom is 0.341 e. The van der Waals surface area contributed by atoms with E-state index in [0.717, 1.165) is 5.56 Å². The number of carbonyl (C=O) groups is 2. The van der Waals surface area contributed by atoms with Gasteiger partial charge in [-0.05, 0) is 17.7 Å². The molecule has 2 aromatic carbocycles. The van der Waals surface area contributed by atoms with Crippen LogP contribution < -0.4 is 14.8 Å². The van der Waals surface area contributed by atoms with Gasteiger partial charge < -0.3 is 19.5 Å². The van der Waals surface area contributed by atoms with Gasteiger partial charge in [0.15, 0.2) is 0 Å². The van der Waals surface area contributed by atoms with E-state index in [2.05, 4.69) is 5.32 Å². The lowest BCUT2D eigenvalue weighted by molar-refractivity contribution is 0.0603. The highest BCUT2D eigenvalue weighted by molar-refractivity contribution is 7.15. The van der Waals surface area contributed by atoms with Crippen LogP contribution in [0.5, 0.6) is 11.5 Å². The predicted molar refractivity (Wildman–Crippen MR) is 109 cm³/mol. The molecule has 0 bridgehead atoms. The van der Waals surface area contributed by atoms with Gasteiger partial charge in [0.2, 0.25) is 0 Å². The fourth-order valence-electron chi connectivity index (χ4n) is 2.70. The Hall–Kier alpha value is -3.32. The number of hydrogen-bond donors (Lipinski definition) is 1. The molecule has 0 aliphatic carbocycles. The van der Waals surface area contributed by atoms with E-state index in [9.17, 15) is 9.59 Å². The molecule has 0 fully saturated rings. The van der Waals surface area contributed by atoms with E-state index < -0.39 is 5.97 Å². The second-order valence-electron chi connectivity index (χ2n) is 5.77. The lowest BCUT2D eigenvalue weighted by atomic mass is 10.0. The zero-order chi connectivity index (χ0) is 20.1. The number of anilines is 1. The number of hydrogen-bond acceptors (Lipinski definition) is 6. The van der Waals surface area contributed by atoms with Crippen molar-refractivity contribution in [1.82, 2.24) is 0 Å². The van der Waals surface area contributed by atoms with E-state index in [0.29, 0.717) is 33.2 Å². The van der Waals surface area contributed by atoms with E-state index in [1.54, 1.807) is 18.2 Å². The maximum absolute atomic E-state index is 12.8. The minimum absolute atomic E-state index is 0.321. The molecule has 3 rings (SSSR count). The first-order valence-corrected chi connectivity index (χ1v) is 9.25. The first kappa shape index (κ1) is 19.4. The highest BCUT2D eigenvalue weighted by Crippen LogP contribution is 2.36. The molecule has 1 amide bonds. The molecule has 0 unspecified atom stereocenters. The van der Waals surface area contributed by atoms with Crippen LogP contribution >= 0.6 is 11.3 Å². The third-order valence-corrected chi connectivity index (χ3v) is 5.00. The lowest BCUT2D eigenvalue weighted by Gasteiger charge is -2.10. The Kier molecular flexibility index (Phi) is 5.96. The molecule has 0 atom stereocenters. The van der Waals surface area contributed by atoms with E-state index >= 15 is 0 Å². The van der Waals surface area contributed by atoms with Crippen LogP contribution in [0.25, 0.3) is 11.1 Å². The van der Waals surface area contributed by atoms with Crippen molar-refractivity contribution in [2.75, 3.05) is 26.6 Å². The van der Waals surface area contributed by atoms with Crippen LogP contribution in [0, 0.1) is 0 Å². The van der Waals surface area contributed by atoms with Crippen molar-refractivity contribution in [2.45, 2.75) is 0 Å². The number of benzene rings is 2. The second kappa shape index (κ2) is 8.58. The van der Waals surface area contributed by atoms with Crippen LogP contribution in [0.2, 0.25) is 0 Å². The Bertz CT molecular complexity index is 975. The normalized spacial score (nSPS) is 10.2. The van der Waals surface area contributed by atoms with Gasteiger partial charge in [-0.1, -0.05) is 30.3 Å². The summed E-state index contributed by atoms with van der Waals surface area (Å²) in [6.45, 7) is 0. The number of esters is 1. The van der Waals surface area contributed by atoms with Crippen molar-refractivity contribution < 1.29 is 23.8 Å². The summed E-state index contributed by atoms with van der Waals surface area (Å²) in [5.74, 6) is 0.0881. The summed E-state index contributed by atoms with van der Waals surface area (Å²) in [5, 5.41) is 5.04. The average molecular weight is 397 g/mol. The summed E-state index contributed by atoms with van der Waals surface area (Å²) in [6, 6.07) is 14.3. The number of amides is 1. The van der Waals surface area contributed by atoms with Gasteiger partial charge in [-0.3, -0.25) is 4.79 Å². The molecule has 0 saturated heterocycles. The first-order chi connectivity index (χ1) is 13.6. The smallest absolute Gasteiger partial charge is 0.341 e. The van der Waals surface area contributed by atoms with E-state index in [-0.39, 0.29) is 5.91 Å². The van der Waals surface area contributed by atoms with Gasteiger partial charge >= 0.3 is 5.97 Å². The molecule has 1 N–H and O–H groups in total. The van der Waals surface area contributed by atoms with Crippen LogP contribution in [0.4, 0.5) is 5.00 Å². The second-order valence-corrected chi connectivity index (χ2v) is 6.65. The minimum atomic E-state index is -0.515. The Morgan fingerprint density at radius 2 is 1.57 bits per heavy atom. The van der Waals surface area contributed by atoms with Crippen molar-refractivity contribution in [3.8, 4) is 22.6 Å². The maximum atomic E-state index is 12.8. The number of methoxy groups -OCH3 is 3. The van der Waals surface area contributed by atoms with Crippen molar-refractivity contribution in [1.29, 1.82) is 0 Å². The number of carbonyl (C=O) groups excluding carboxylic acids is 2. The van der Waals surface area contributed by atoms with Gasteiger partial charge in [0.25, 0.3) is 5.91 Å². The third-order valence-electron chi connectivity index (χ3n) is 4.11. The van der Waals surface area contributed by atoms with Crippen molar-refractivity contribution in [2.24, 2.45) is 0 Å². The van der Waals surface area contributed by atoms with Gasteiger partial charge in [0.05, 0.1) is 21.3 Å². The van der Waals surface area contributed by atoms with E-state index in [4.69, 9.17) is 14.2 Å². The predicted octanol–water partition coefficient (Wildman–Crippen LogP) is 4.47. The average Bonchev–Trinajstić information content (AvgIpc) is 3.16. The number of ether oxygens (including phenoxy) is 3. The first-order valence-electron chi connectivity index (χ1n) is 8.37. The Labute approximate surface area is 166 Å². The summed E-state index contributed by atoms with van der Waals surface area (Å²) in [6.07, 6.45) is 0. The zero-order valence-corrected chi connectivity index (χ0v) is 16.5. The van der Waals surface area contributed by atoms with Gasteiger partial charge in [-0.25, -0.2) is 4.79 Å². The van der Waals surface area contributed by atoms with Crippen LogP contribution in [0.1, 0.15) is 20.7 Å². The molecule has 0 radical (unpaired) electrons. The topological polar surface area (TPSA) is 73.9 Å². The van der Waals surface area contributed by atoms with Gasteiger partial charge in [-0.15, -0.1) is 11.3 Å². The highest BCUT2D eigenvalue weighted by Gasteiger charge is 2.23. The molecule has 0 spiro atoms.